The molecule has 0 radical (unpaired) electrons. The van der Waals surface area contributed by atoms with Gasteiger partial charge in [0.05, 0.1) is 38.6 Å². The number of allylic oxidation sites excluding steroid dienone is 7. The summed E-state index contributed by atoms with van der Waals surface area (Å²) in [5.41, 5.74) is 0. The van der Waals surface area contributed by atoms with Crippen LogP contribution < -0.4 is 5.32 Å². The van der Waals surface area contributed by atoms with Crippen molar-refractivity contribution in [3.8, 4) is 0 Å². The van der Waals surface area contributed by atoms with Crippen LogP contribution in [0.2, 0.25) is 0 Å². The summed E-state index contributed by atoms with van der Waals surface area (Å²) in [5.74, 6) is -0.323. The topological polar surface area (TPSA) is 307 Å². The Kier molecular flexibility index (Phi) is 24.8. The molecule has 17 unspecified atom stereocenters. The summed E-state index contributed by atoms with van der Waals surface area (Å²) in [6, 6.07) is -0.982. The molecule has 17 atom stereocenters. The standard InChI is InChI=1S/C42H71NO18/c1-3-5-7-8-9-10-11-12-13-14-15-16-18-20-30(48)43-25(26(47)19-17-6-4-2)24-56-40-36(54)33(51)38(28(22-45)58-40)61-42-37(55)34(52)39(29(23-46)59-42)60-41-35(53)32(50)31(49)27(21-44)57-41/h5,7,9-10,12-13,17,19,25-29,31-42,44-47,49-55H,3-4,6,8,11,14-16,18,20-24H2,1-2H3,(H,43,48)/b7-5-,10-9-,13-12-,19-17+. The van der Waals surface area contributed by atoms with Gasteiger partial charge in [0, 0.05) is 6.42 Å². The molecule has 12 N–H and O–H groups in total. The number of aliphatic hydroxyl groups excluding tert-OH is 11. The number of aliphatic hydroxyl groups is 11. The number of hydrogen-bond donors (Lipinski definition) is 12. The Morgan fingerprint density at radius 1 is 0.607 bits per heavy atom. The van der Waals surface area contributed by atoms with Crippen molar-refractivity contribution < 1.29 is 89.4 Å². The first-order valence-electron chi connectivity index (χ1n) is 21.4. The Hall–Kier alpha value is -2.25. The molecule has 0 aliphatic carbocycles. The Balaban J connectivity index is 1.56. The van der Waals surface area contributed by atoms with E-state index in [9.17, 15) is 61.0 Å². The second kappa shape index (κ2) is 28.5. The first kappa shape index (κ1) is 53.1. The van der Waals surface area contributed by atoms with Gasteiger partial charge in [0.2, 0.25) is 5.91 Å². The van der Waals surface area contributed by atoms with Crippen molar-refractivity contribution in [2.45, 2.75) is 182 Å². The van der Waals surface area contributed by atoms with Crippen LogP contribution in [0.25, 0.3) is 0 Å². The van der Waals surface area contributed by atoms with Gasteiger partial charge in [-0.25, -0.2) is 0 Å². The zero-order chi connectivity index (χ0) is 44.9. The van der Waals surface area contributed by atoms with Gasteiger partial charge in [-0.3, -0.25) is 4.79 Å². The van der Waals surface area contributed by atoms with E-state index in [0.29, 0.717) is 12.8 Å². The number of rotatable bonds is 26. The molecule has 61 heavy (non-hydrogen) atoms. The molecule has 0 bridgehead atoms. The Labute approximate surface area is 357 Å². The summed E-state index contributed by atoms with van der Waals surface area (Å²) in [5, 5.41) is 118. The Bertz CT molecular complexity index is 1330. The van der Waals surface area contributed by atoms with Crippen LogP contribution in [0.1, 0.15) is 78.1 Å². The van der Waals surface area contributed by atoms with Crippen LogP contribution in [-0.2, 0) is 33.2 Å². The lowest BCUT2D eigenvalue weighted by Crippen LogP contribution is -2.66. The molecule has 3 rings (SSSR count). The maximum absolute atomic E-state index is 12.9. The van der Waals surface area contributed by atoms with Crippen molar-refractivity contribution in [1.29, 1.82) is 0 Å². The molecule has 1 amide bonds. The molecule has 0 saturated carbocycles. The molecule has 19 nitrogen and oxygen atoms in total. The summed E-state index contributed by atoms with van der Waals surface area (Å²) < 4.78 is 33.7. The minimum atomic E-state index is -1.98. The third-order valence-corrected chi connectivity index (χ3v) is 10.6. The van der Waals surface area contributed by atoms with Gasteiger partial charge >= 0.3 is 0 Å². The van der Waals surface area contributed by atoms with Crippen LogP contribution in [0.3, 0.4) is 0 Å². The maximum Gasteiger partial charge on any atom is 0.220 e. The van der Waals surface area contributed by atoms with Crippen LogP contribution in [0, 0.1) is 0 Å². The van der Waals surface area contributed by atoms with Crippen LogP contribution in [0.4, 0.5) is 0 Å². The van der Waals surface area contributed by atoms with E-state index in [1.54, 1.807) is 6.08 Å². The molecule has 3 saturated heterocycles. The van der Waals surface area contributed by atoms with Crippen molar-refractivity contribution in [3.05, 3.63) is 48.6 Å². The van der Waals surface area contributed by atoms with Gasteiger partial charge in [-0.15, -0.1) is 0 Å². The van der Waals surface area contributed by atoms with E-state index in [4.69, 9.17) is 28.4 Å². The van der Waals surface area contributed by atoms with E-state index in [0.717, 1.165) is 44.9 Å². The highest BCUT2D eigenvalue weighted by Crippen LogP contribution is 2.32. The van der Waals surface area contributed by atoms with Crippen LogP contribution >= 0.6 is 0 Å². The minimum absolute atomic E-state index is 0.202. The number of nitrogens with one attached hydrogen (secondary N) is 1. The van der Waals surface area contributed by atoms with Gasteiger partial charge in [0.1, 0.15) is 73.2 Å². The van der Waals surface area contributed by atoms with Crippen molar-refractivity contribution in [2.75, 3.05) is 26.4 Å². The van der Waals surface area contributed by atoms with Crippen molar-refractivity contribution in [1.82, 2.24) is 5.32 Å². The summed E-state index contributed by atoms with van der Waals surface area (Å²) in [7, 11) is 0. The summed E-state index contributed by atoms with van der Waals surface area (Å²) in [6.45, 7) is 1.26. The SMILES string of the molecule is CC/C=C\C/C=C\C/C=C\CCCCCC(=O)NC(COC1OC(CO)C(OC2OC(CO)C(OC3OC(CO)C(O)C(O)C3O)C(O)C2O)C(O)C1O)C(O)/C=C/CCC. The largest absolute Gasteiger partial charge is 0.394 e. The molecule has 0 aromatic heterocycles. The zero-order valence-corrected chi connectivity index (χ0v) is 35.1. The molecule has 3 fully saturated rings. The fourth-order valence-electron chi connectivity index (χ4n) is 6.97. The normalized spacial score (nSPS) is 36.0. The number of unbranched alkanes of at least 4 members (excludes halogenated alkanes) is 4. The molecular formula is C42H71NO18. The quantitative estimate of drug-likeness (QED) is 0.0346. The fourth-order valence-corrected chi connectivity index (χ4v) is 6.97. The van der Waals surface area contributed by atoms with Gasteiger partial charge in [-0.1, -0.05) is 75.3 Å². The molecule has 3 heterocycles. The maximum atomic E-state index is 12.9. The monoisotopic (exact) mass is 877 g/mol. The molecule has 0 aromatic carbocycles. The molecule has 3 aliphatic rings. The van der Waals surface area contributed by atoms with Gasteiger partial charge < -0.3 is 89.9 Å². The summed E-state index contributed by atoms with van der Waals surface area (Å²) >= 11 is 0. The lowest BCUT2D eigenvalue weighted by Gasteiger charge is -2.48. The van der Waals surface area contributed by atoms with Crippen molar-refractivity contribution in [3.63, 3.8) is 0 Å². The van der Waals surface area contributed by atoms with Crippen molar-refractivity contribution in [2.24, 2.45) is 0 Å². The van der Waals surface area contributed by atoms with E-state index in [-0.39, 0.29) is 18.9 Å². The van der Waals surface area contributed by atoms with E-state index < -0.39 is 124 Å². The lowest BCUT2D eigenvalue weighted by atomic mass is 9.96. The second-order valence-corrected chi connectivity index (χ2v) is 15.4. The third kappa shape index (κ3) is 16.4. The predicted molar refractivity (Wildman–Crippen MR) is 217 cm³/mol. The number of carbonyl (C=O) groups is 1. The summed E-state index contributed by atoms with van der Waals surface area (Å²) in [4.78, 5) is 12.9. The van der Waals surface area contributed by atoms with E-state index in [1.807, 2.05) is 6.92 Å². The number of hydrogen-bond acceptors (Lipinski definition) is 18. The first-order chi connectivity index (χ1) is 29.3. The molecular weight excluding hydrogens is 806 g/mol. The lowest BCUT2D eigenvalue weighted by molar-refractivity contribution is -0.379. The van der Waals surface area contributed by atoms with Crippen LogP contribution in [0.15, 0.2) is 48.6 Å². The first-order valence-corrected chi connectivity index (χ1v) is 21.4. The van der Waals surface area contributed by atoms with E-state index in [2.05, 4.69) is 48.7 Å². The number of amides is 1. The smallest absolute Gasteiger partial charge is 0.220 e. The van der Waals surface area contributed by atoms with Gasteiger partial charge in [-0.2, -0.15) is 0 Å². The van der Waals surface area contributed by atoms with Crippen molar-refractivity contribution >= 4 is 5.91 Å². The molecule has 3 aliphatic heterocycles. The summed E-state index contributed by atoms with van der Waals surface area (Å²) in [6.07, 6.45) is -3.03. The van der Waals surface area contributed by atoms with E-state index in [1.165, 1.54) is 6.08 Å². The highest BCUT2D eigenvalue weighted by atomic mass is 16.8. The fraction of sp³-hybridized carbons (Fsp3) is 0.786. The highest BCUT2D eigenvalue weighted by Gasteiger charge is 2.53. The van der Waals surface area contributed by atoms with E-state index >= 15 is 0 Å². The van der Waals surface area contributed by atoms with Gasteiger partial charge in [0.15, 0.2) is 18.9 Å². The van der Waals surface area contributed by atoms with Gasteiger partial charge in [0.25, 0.3) is 0 Å². The third-order valence-electron chi connectivity index (χ3n) is 10.6. The highest BCUT2D eigenvalue weighted by molar-refractivity contribution is 5.76. The minimum Gasteiger partial charge on any atom is -0.394 e. The Morgan fingerprint density at radius 2 is 1.13 bits per heavy atom. The second-order valence-electron chi connectivity index (χ2n) is 15.4. The average molecular weight is 878 g/mol. The average Bonchev–Trinajstić information content (AvgIpc) is 3.25. The molecule has 352 valence electrons. The van der Waals surface area contributed by atoms with Gasteiger partial charge in [-0.05, 0) is 44.9 Å². The Morgan fingerprint density at radius 3 is 1.70 bits per heavy atom. The number of ether oxygens (including phenoxy) is 6. The predicted octanol–water partition coefficient (Wildman–Crippen LogP) is -1.54. The molecule has 0 spiro atoms. The van der Waals surface area contributed by atoms with Crippen LogP contribution in [-0.4, -0.2) is 193 Å². The molecule has 19 heteroatoms. The molecule has 0 aromatic rings. The van der Waals surface area contributed by atoms with Crippen LogP contribution in [0.5, 0.6) is 0 Å². The zero-order valence-electron chi connectivity index (χ0n) is 35.1. The number of carbonyl (C=O) groups excluding carboxylic acids is 1.